The van der Waals surface area contributed by atoms with Crippen LogP contribution in [0.5, 0.6) is 11.5 Å². The lowest BCUT2D eigenvalue weighted by Crippen LogP contribution is -2.30. The zero-order valence-electron chi connectivity index (χ0n) is 22.8. The van der Waals surface area contributed by atoms with E-state index in [1.54, 1.807) is 72.8 Å². The third-order valence-corrected chi connectivity index (χ3v) is 6.93. The molecule has 0 aliphatic heterocycles. The highest BCUT2D eigenvalue weighted by atomic mass is 32.2. The first-order chi connectivity index (χ1) is 20.0. The van der Waals surface area contributed by atoms with E-state index >= 15 is 0 Å². The minimum atomic E-state index is -0.477. The largest absolute Gasteiger partial charge is 0.496 e. The minimum absolute atomic E-state index is 0.0388. The Labute approximate surface area is 243 Å². The van der Waals surface area contributed by atoms with E-state index in [1.807, 2.05) is 43.3 Å². The van der Waals surface area contributed by atoms with E-state index in [0.717, 1.165) is 10.5 Å². The fourth-order valence-electron chi connectivity index (χ4n) is 3.87. The second-order valence-corrected chi connectivity index (χ2v) is 9.82. The highest BCUT2D eigenvalue weighted by molar-refractivity contribution is 8.00. The van der Waals surface area contributed by atoms with E-state index in [2.05, 4.69) is 10.6 Å². The van der Waals surface area contributed by atoms with Crippen LogP contribution in [0.15, 0.2) is 114 Å². The van der Waals surface area contributed by atoms with E-state index in [0.29, 0.717) is 34.9 Å². The number of thioether (sulfide) groups is 1. The standard InChI is InChI=1S/C33H30N2O5S/c1-3-40-26-17-13-23(14-18-26)21-29(35-32(37)24-9-5-4-6-10-24)33(38)34-25-15-19-27(20-16-25)41-22-30(36)28-11-7-8-12-31(28)39-2/h4-21H,3,22H2,1-2H3,(H,34,38)(H,35,37)/b29-21-. The van der Waals surface area contributed by atoms with Crippen molar-refractivity contribution in [1.82, 2.24) is 5.32 Å². The monoisotopic (exact) mass is 566 g/mol. The summed E-state index contributed by atoms with van der Waals surface area (Å²) in [6, 6.07) is 30.2. The van der Waals surface area contributed by atoms with Crippen LogP contribution in [0.3, 0.4) is 0 Å². The Balaban J connectivity index is 1.45. The molecule has 0 bridgehead atoms. The lowest BCUT2D eigenvalue weighted by Gasteiger charge is -2.12. The van der Waals surface area contributed by atoms with Crippen molar-refractivity contribution >= 4 is 41.1 Å². The number of ether oxygens (including phenoxy) is 2. The van der Waals surface area contributed by atoms with Crippen LogP contribution >= 0.6 is 11.8 Å². The van der Waals surface area contributed by atoms with Gasteiger partial charge in [0.2, 0.25) is 0 Å². The molecular weight excluding hydrogens is 536 g/mol. The van der Waals surface area contributed by atoms with Crippen LogP contribution in [0.25, 0.3) is 6.08 Å². The van der Waals surface area contributed by atoms with Crippen molar-refractivity contribution in [2.24, 2.45) is 0 Å². The molecule has 0 fully saturated rings. The number of carbonyl (C=O) groups is 3. The number of para-hydroxylation sites is 1. The van der Waals surface area contributed by atoms with Crippen molar-refractivity contribution in [2.45, 2.75) is 11.8 Å². The topological polar surface area (TPSA) is 93.7 Å². The Kier molecular flexibility index (Phi) is 10.3. The molecule has 0 radical (unpaired) electrons. The molecule has 0 atom stereocenters. The average Bonchev–Trinajstić information content (AvgIpc) is 3.01. The number of rotatable bonds is 12. The third-order valence-electron chi connectivity index (χ3n) is 5.92. The molecule has 0 heterocycles. The Morgan fingerprint density at radius 2 is 1.51 bits per heavy atom. The van der Waals surface area contributed by atoms with Gasteiger partial charge in [-0.1, -0.05) is 42.5 Å². The number of anilines is 1. The summed E-state index contributed by atoms with van der Waals surface area (Å²) in [7, 11) is 1.54. The normalized spacial score (nSPS) is 10.9. The molecule has 0 saturated carbocycles. The summed E-state index contributed by atoms with van der Waals surface area (Å²) in [6.45, 7) is 2.45. The van der Waals surface area contributed by atoms with Crippen molar-refractivity contribution in [3.05, 3.63) is 126 Å². The van der Waals surface area contributed by atoms with Gasteiger partial charge in [0.05, 0.1) is 25.0 Å². The molecular formula is C33H30N2O5S. The summed E-state index contributed by atoms with van der Waals surface area (Å²) in [5.74, 6) is 0.588. The van der Waals surface area contributed by atoms with E-state index in [4.69, 9.17) is 9.47 Å². The first kappa shape index (κ1) is 29.2. The van der Waals surface area contributed by atoms with E-state index in [-0.39, 0.29) is 17.2 Å². The molecule has 0 aliphatic rings. The number of nitrogens with one attached hydrogen (secondary N) is 2. The van der Waals surface area contributed by atoms with Crippen molar-refractivity contribution in [3.8, 4) is 11.5 Å². The first-order valence-corrected chi connectivity index (χ1v) is 14.0. The van der Waals surface area contributed by atoms with Crippen LogP contribution < -0.4 is 20.1 Å². The molecule has 4 aromatic carbocycles. The average molecular weight is 567 g/mol. The Bertz CT molecular complexity index is 1520. The summed E-state index contributed by atoms with van der Waals surface area (Å²) in [4.78, 5) is 39.7. The molecule has 0 aliphatic carbocycles. The van der Waals surface area contributed by atoms with E-state index in [1.165, 1.54) is 18.9 Å². The maximum atomic E-state index is 13.3. The Morgan fingerprint density at radius 3 is 2.20 bits per heavy atom. The van der Waals surface area contributed by atoms with Gasteiger partial charge in [-0.15, -0.1) is 11.8 Å². The van der Waals surface area contributed by atoms with Gasteiger partial charge >= 0.3 is 0 Å². The van der Waals surface area contributed by atoms with Gasteiger partial charge in [0, 0.05) is 16.1 Å². The van der Waals surface area contributed by atoms with Crippen LogP contribution in [0, 0.1) is 0 Å². The molecule has 4 aromatic rings. The number of Topliss-reactive ketones (excluding diaryl/α,β-unsaturated/α-hetero) is 1. The van der Waals surface area contributed by atoms with Crippen LogP contribution in [0.2, 0.25) is 0 Å². The summed E-state index contributed by atoms with van der Waals surface area (Å²) < 4.78 is 10.8. The summed E-state index contributed by atoms with van der Waals surface area (Å²) in [5.41, 5.74) is 2.32. The molecule has 7 nitrogen and oxygen atoms in total. The fourth-order valence-corrected chi connectivity index (χ4v) is 4.65. The summed E-state index contributed by atoms with van der Waals surface area (Å²) >= 11 is 1.39. The Hall–Kier alpha value is -4.82. The summed E-state index contributed by atoms with van der Waals surface area (Å²) in [5, 5.41) is 5.58. The molecule has 0 saturated heterocycles. The maximum absolute atomic E-state index is 13.3. The second kappa shape index (κ2) is 14.5. The number of carbonyl (C=O) groups excluding carboxylic acids is 3. The number of ketones is 1. The van der Waals surface area contributed by atoms with Gasteiger partial charge in [-0.3, -0.25) is 14.4 Å². The van der Waals surface area contributed by atoms with Gasteiger partial charge in [-0.2, -0.15) is 0 Å². The van der Waals surface area contributed by atoms with Crippen molar-refractivity contribution < 1.29 is 23.9 Å². The van der Waals surface area contributed by atoms with Gasteiger partial charge in [-0.25, -0.2) is 0 Å². The highest BCUT2D eigenvalue weighted by Gasteiger charge is 2.16. The van der Waals surface area contributed by atoms with Crippen LogP contribution in [0.4, 0.5) is 5.69 Å². The van der Waals surface area contributed by atoms with Gasteiger partial charge in [0.15, 0.2) is 5.78 Å². The van der Waals surface area contributed by atoms with E-state index in [9.17, 15) is 14.4 Å². The van der Waals surface area contributed by atoms with Gasteiger partial charge in [-0.05, 0) is 79.2 Å². The first-order valence-electron chi connectivity index (χ1n) is 13.0. The zero-order chi connectivity index (χ0) is 29.0. The van der Waals surface area contributed by atoms with Crippen LogP contribution in [-0.4, -0.2) is 37.1 Å². The fraction of sp³-hybridized carbons (Fsp3) is 0.121. The Morgan fingerprint density at radius 1 is 0.829 bits per heavy atom. The van der Waals surface area contributed by atoms with Gasteiger partial charge in [0.25, 0.3) is 11.8 Å². The number of methoxy groups -OCH3 is 1. The predicted octanol–water partition coefficient (Wildman–Crippen LogP) is 6.48. The van der Waals surface area contributed by atoms with Gasteiger partial charge < -0.3 is 20.1 Å². The molecule has 0 aromatic heterocycles. The maximum Gasteiger partial charge on any atom is 0.272 e. The van der Waals surface area contributed by atoms with E-state index < -0.39 is 11.8 Å². The predicted molar refractivity (Wildman–Crippen MR) is 163 cm³/mol. The van der Waals surface area contributed by atoms with Crippen LogP contribution in [-0.2, 0) is 4.79 Å². The number of hydrogen-bond donors (Lipinski definition) is 2. The molecule has 41 heavy (non-hydrogen) atoms. The molecule has 8 heteroatoms. The van der Waals surface area contributed by atoms with Crippen molar-refractivity contribution in [3.63, 3.8) is 0 Å². The smallest absolute Gasteiger partial charge is 0.272 e. The number of hydrogen-bond acceptors (Lipinski definition) is 6. The molecule has 2 amide bonds. The lowest BCUT2D eigenvalue weighted by atomic mass is 10.1. The summed E-state index contributed by atoms with van der Waals surface area (Å²) in [6.07, 6.45) is 1.61. The third kappa shape index (κ3) is 8.33. The molecule has 4 rings (SSSR count). The molecule has 208 valence electrons. The SMILES string of the molecule is CCOc1ccc(/C=C(\NC(=O)c2ccccc2)C(=O)Nc2ccc(SCC(=O)c3ccccc3OC)cc2)cc1. The molecule has 0 unspecified atom stereocenters. The number of amides is 2. The zero-order valence-corrected chi connectivity index (χ0v) is 23.6. The number of benzene rings is 4. The molecule has 0 spiro atoms. The highest BCUT2D eigenvalue weighted by Crippen LogP contribution is 2.25. The van der Waals surface area contributed by atoms with Crippen molar-refractivity contribution in [1.29, 1.82) is 0 Å². The van der Waals surface area contributed by atoms with Crippen molar-refractivity contribution in [2.75, 3.05) is 24.8 Å². The van der Waals surface area contributed by atoms with Crippen LogP contribution in [0.1, 0.15) is 33.2 Å². The lowest BCUT2D eigenvalue weighted by molar-refractivity contribution is -0.113. The quantitative estimate of drug-likeness (QED) is 0.116. The van der Waals surface area contributed by atoms with Gasteiger partial charge in [0.1, 0.15) is 17.2 Å². The molecule has 2 N–H and O–H groups in total. The minimum Gasteiger partial charge on any atom is -0.496 e. The second-order valence-electron chi connectivity index (χ2n) is 8.77.